The summed E-state index contributed by atoms with van der Waals surface area (Å²) >= 11 is 0. The van der Waals surface area contributed by atoms with Crippen molar-refractivity contribution in [1.29, 1.82) is 0 Å². The van der Waals surface area contributed by atoms with Crippen LogP contribution in [0.5, 0.6) is 0 Å². The van der Waals surface area contributed by atoms with Gasteiger partial charge in [-0.25, -0.2) is 0 Å². The standard InChI is InChI=1S/C13H19NO/c1-13(11-15,14-9-5-6-10-14)12-7-3-2-4-8-12/h2-4,7-8,15H,5-6,9-11H2,1H3. The number of likely N-dealkylation sites (tertiary alicyclic amines) is 1. The van der Waals surface area contributed by atoms with Gasteiger partial charge in [0.1, 0.15) is 0 Å². The Labute approximate surface area is 91.5 Å². The molecule has 82 valence electrons. The first-order valence-corrected chi connectivity index (χ1v) is 5.69. The van der Waals surface area contributed by atoms with E-state index in [9.17, 15) is 5.11 Å². The minimum absolute atomic E-state index is 0.191. The maximum absolute atomic E-state index is 9.66. The van der Waals surface area contributed by atoms with Crippen LogP contribution in [0.4, 0.5) is 0 Å². The third-order valence-corrected chi connectivity index (χ3v) is 3.51. The monoisotopic (exact) mass is 205 g/mol. The molecule has 0 bridgehead atoms. The molecular weight excluding hydrogens is 186 g/mol. The summed E-state index contributed by atoms with van der Waals surface area (Å²) in [5, 5.41) is 9.66. The molecule has 15 heavy (non-hydrogen) atoms. The topological polar surface area (TPSA) is 23.5 Å². The second-order valence-electron chi connectivity index (χ2n) is 4.49. The van der Waals surface area contributed by atoms with E-state index in [0.29, 0.717) is 0 Å². The predicted molar refractivity (Wildman–Crippen MR) is 61.7 cm³/mol. The molecule has 1 aliphatic rings. The first kappa shape index (κ1) is 10.7. The minimum Gasteiger partial charge on any atom is -0.394 e. The van der Waals surface area contributed by atoms with Crippen LogP contribution < -0.4 is 0 Å². The van der Waals surface area contributed by atoms with Crippen LogP contribution in [0, 0.1) is 0 Å². The fourth-order valence-electron chi connectivity index (χ4n) is 2.38. The van der Waals surface area contributed by atoms with E-state index in [1.807, 2.05) is 18.2 Å². The predicted octanol–water partition coefficient (Wildman–Crippen LogP) is 1.99. The summed E-state index contributed by atoms with van der Waals surface area (Å²) in [6, 6.07) is 10.3. The lowest BCUT2D eigenvalue weighted by Crippen LogP contribution is -2.45. The van der Waals surface area contributed by atoms with Gasteiger partial charge in [0.2, 0.25) is 0 Å². The van der Waals surface area contributed by atoms with Crippen molar-refractivity contribution in [1.82, 2.24) is 4.90 Å². The van der Waals surface area contributed by atoms with Gasteiger partial charge < -0.3 is 5.11 Å². The Hall–Kier alpha value is -0.860. The van der Waals surface area contributed by atoms with Gasteiger partial charge in [0.25, 0.3) is 0 Å². The zero-order valence-corrected chi connectivity index (χ0v) is 9.32. The molecule has 1 N–H and O–H groups in total. The van der Waals surface area contributed by atoms with Crippen LogP contribution in [-0.4, -0.2) is 29.7 Å². The molecule has 1 unspecified atom stereocenters. The largest absolute Gasteiger partial charge is 0.394 e. The number of hydrogen-bond donors (Lipinski definition) is 1. The van der Waals surface area contributed by atoms with Crippen molar-refractivity contribution < 1.29 is 5.11 Å². The number of rotatable bonds is 3. The molecule has 1 aromatic carbocycles. The van der Waals surface area contributed by atoms with Crippen molar-refractivity contribution in [2.24, 2.45) is 0 Å². The lowest BCUT2D eigenvalue weighted by atomic mass is 9.91. The van der Waals surface area contributed by atoms with E-state index in [1.165, 1.54) is 18.4 Å². The van der Waals surface area contributed by atoms with Crippen molar-refractivity contribution in [2.45, 2.75) is 25.3 Å². The van der Waals surface area contributed by atoms with Gasteiger partial charge in [-0.1, -0.05) is 30.3 Å². The Bertz CT molecular complexity index is 306. The molecule has 0 radical (unpaired) electrons. The highest BCUT2D eigenvalue weighted by Gasteiger charge is 2.34. The molecule has 2 rings (SSSR count). The van der Waals surface area contributed by atoms with Gasteiger partial charge >= 0.3 is 0 Å². The highest BCUT2D eigenvalue weighted by Crippen LogP contribution is 2.30. The smallest absolute Gasteiger partial charge is 0.0665 e. The Morgan fingerprint density at radius 2 is 1.80 bits per heavy atom. The maximum Gasteiger partial charge on any atom is 0.0665 e. The highest BCUT2D eigenvalue weighted by atomic mass is 16.3. The Kier molecular flexibility index (Phi) is 3.08. The fourth-order valence-corrected chi connectivity index (χ4v) is 2.38. The van der Waals surface area contributed by atoms with Gasteiger partial charge in [-0.3, -0.25) is 4.90 Å². The summed E-state index contributed by atoms with van der Waals surface area (Å²) in [6.45, 7) is 4.53. The highest BCUT2D eigenvalue weighted by molar-refractivity contribution is 5.24. The summed E-state index contributed by atoms with van der Waals surface area (Å²) < 4.78 is 0. The van der Waals surface area contributed by atoms with E-state index < -0.39 is 0 Å². The zero-order chi connectivity index (χ0) is 10.7. The van der Waals surface area contributed by atoms with Crippen LogP contribution in [0.3, 0.4) is 0 Å². The molecule has 2 nitrogen and oxygen atoms in total. The van der Waals surface area contributed by atoms with Gasteiger partial charge in [-0.05, 0) is 38.4 Å². The van der Waals surface area contributed by atoms with Gasteiger partial charge in [-0.15, -0.1) is 0 Å². The molecule has 0 aromatic heterocycles. The molecule has 1 aromatic rings. The first-order valence-electron chi connectivity index (χ1n) is 5.69. The Morgan fingerprint density at radius 1 is 1.20 bits per heavy atom. The summed E-state index contributed by atoms with van der Waals surface area (Å²) in [6.07, 6.45) is 2.50. The Balaban J connectivity index is 2.28. The van der Waals surface area contributed by atoms with Crippen LogP contribution >= 0.6 is 0 Å². The van der Waals surface area contributed by atoms with E-state index in [0.717, 1.165) is 13.1 Å². The van der Waals surface area contributed by atoms with E-state index in [-0.39, 0.29) is 12.1 Å². The molecule has 0 aliphatic carbocycles. The lowest BCUT2D eigenvalue weighted by molar-refractivity contribution is 0.0600. The number of aliphatic hydroxyl groups excluding tert-OH is 1. The van der Waals surface area contributed by atoms with Crippen molar-refractivity contribution >= 4 is 0 Å². The first-order chi connectivity index (χ1) is 7.27. The van der Waals surface area contributed by atoms with E-state index in [1.54, 1.807) is 0 Å². The number of aliphatic hydroxyl groups is 1. The molecule has 0 spiro atoms. The second kappa shape index (κ2) is 4.33. The quantitative estimate of drug-likeness (QED) is 0.815. The molecule has 1 atom stereocenters. The van der Waals surface area contributed by atoms with Crippen molar-refractivity contribution in [3.05, 3.63) is 35.9 Å². The molecule has 1 fully saturated rings. The molecule has 0 amide bonds. The van der Waals surface area contributed by atoms with Crippen LogP contribution in [-0.2, 0) is 5.54 Å². The molecule has 0 saturated carbocycles. The third-order valence-electron chi connectivity index (χ3n) is 3.51. The van der Waals surface area contributed by atoms with Crippen LogP contribution in [0.25, 0.3) is 0 Å². The summed E-state index contributed by atoms with van der Waals surface area (Å²) in [5.74, 6) is 0. The molecular formula is C13H19NO. The second-order valence-corrected chi connectivity index (χ2v) is 4.49. The average molecular weight is 205 g/mol. The SMILES string of the molecule is CC(CO)(c1ccccc1)N1CCCC1. The normalized spacial score (nSPS) is 21.5. The van der Waals surface area contributed by atoms with Gasteiger partial charge in [-0.2, -0.15) is 0 Å². The Morgan fingerprint density at radius 3 is 2.33 bits per heavy atom. The maximum atomic E-state index is 9.66. The summed E-state index contributed by atoms with van der Waals surface area (Å²) in [4.78, 5) is 2.39. The zero-order valence-electron chi connectivity index (χ0n) is 9.32. The fraction of sp³-hybridized carbons (Fsp3) is 0.538. The molecule has 1 aliphatic heterocycles. The average Bonchev–Trinajstić information content (AvgIpc) is 2.83. The number of nitrogens with zero attached hydrogens (tertiary/aromatic N) is 1. The van der Waals surface area contributed by atoms with Crippen LogP contribution in [0.1, 0.15) is 25.3 Å². The van der Waals surface area contributed by atoms with Crippen LogP contribution in [0.2, 0.25) is 0 Å². The summed E-state index contributed by atoms with van der Waals surface area (Å²) in [5.41, 5.74) is 1.02. The van der Waals surface area contributed by atoms with E-state index in [4.69, 9.17) is 0 Å². The van der Waals surface area contributed by atoms with Crippen LogP contribution in [0.15, 0.2) is 30.3 Å². The molecule has 1 heterocycles. The van der Waals surface area contributed by atoms with E-state index >= 15 is 0 Å². The van der Waals surface area contributed by atoms with Crippen molar-refractivity contribution in [2.75, 3.05) is 19.7 Å². The number of hydrogen-bond acceptors (Lipinski definition) is 2. The number of benzene rings is 1. The third kappa shape index (κ3) is 1.92. The van der Waals surface area contributed by atoms with Crippen molar-refractivity contribution in [3.63, 3.8) is 0 Å². The molecule has 1 saturated heterocycles. The molecule has 2 heteroatoms. The van der Waals surface area contributed by atoms with Crippen molar-refractivity contribution in [3.8, 4) is 0 Å². The lowest BCUT2D eigenvalue weighted by Gasteiger charge is -2.37. The van der Waals surface area contributed by atoms with Gasteiger partial charge in [0.15, 0.2) is 0 Å². The minimum atomic E-state index is -0.197. The van der Waals surface area contributed by atoms with Gasteiger partial charge in [0.05, 0.1) is 12.1 Å². The van der Waals surface area contributed by atoms with Gasteiger partial charge in [0, 0.05) is 0 Å². The van der Waals surface area contributed by atoms with E-state index in [2.05, 4.69) is 24.0 Å². The summed E-state index contributed by atoms with van der Waals surface area (Å²) in [7, 11) is 0.